The van der Waals surface area contributed by atoms with Crippen LogP contribution in [-0.4, -0.2) is 18.9 Å². The zero-order chi connectivity index (χ0) is 11.1. The van der Waals surface area contributed by atoms with Crippen LogP contribution in [0.2, 0.25) is 0 Å². The van der Waals surface area contributed by atoms with Crippen molar-refractivity contribution < 1.29 is 14.3 Å². The zero-order valence-electron chi connectivity index (χ0n) is 9.09. The summed E-state index contributed by atoms with van der Waals surface area (Å²) in [7, 11) is 1.34. The first kappa shape index (κ1) is 12.7. The number of Topliss-reactive ketones (excluding diaryl/α,β-unsaturated/α-hetero) is 1. The van der Waals surface area contributed by atoms with Gasteiger partial charge in [-0.05, 0) is 5.92 Å². The van der Waals surface area contributed by atoms with Gasteiger partial charge in [0.15, 0.2) is 0 Å². The molecule has 0 aliphatic carbocycles. The maximum absolute atomic E-state index is 11.1. The fraction of sp³-hybridized carbons (Fsp3) is 0.636. The Morgan fingerprint density at radius 1 is 1.29 bits per heavy atom. The Labute approximate surface area is 84.8 Å². The minimum Gasteiger partial charge on any atom is -0.469 e. The molecule has 0 rings (SSSR count). The summed E-state index contributed by atoms with van der Waals surface area (Å²) in [6.45, 7) is 5.31. The molecule has 0 heterocycles. The van der Waals surface area contributed by atoms with Gasteiger partial charge < -0.3 is 4.74 Å². The van der Waals surface area contributed by atoms with Crippen molar-refractivity contribution in [3.8, 4) is 11.8 Å². The van der Waals surface area contributed by atoms with Crippen LogP contribution >= 0.6 is 0 Å². The summed E-state index contributed by atoms with van der Waals surface area (Å²) in [6, 6.07) is 0. The number of ether oxygens (including phenoxy) is 1. The van der Waals surface area contributed by atoms with E-state index in [1.165, 1.54) is 7.11 Å². The number of carbonyl (C=O) groups is 2. The lowest BCUT2D eigenvalue weighted by atomic mass is 10.1. The summed E-state index contributed by atoms with van der Waals surface area (Å²) in [5, 5.41) is 0. The minimum atomic E-state index is -0.295. The van der Waals surface area contributed by atoms with Crippen molar-refractivity contribution in [3.05, 3.63) is 0 Å². The van der Waals surface area contributed by atoms with Crippen molar-refractivity contribution in [2.24, 2.45) is 11.8 Å². The third-order valence-corrected chi connectivity index (χ3v) is 1.75. The lowest BCUT2D eigenvalue weighted by Crippen LogP contribution is -2.12. The highest BCUT2D eigenvalue weighted by Crippen LogP contribution is 2.02. The first-order valence-corrected chi connectivity index (χ1v) is 4.59. The molecule has 0 radical (unpaired) electrons. The molecule has 0 aliphatic rings. The van der Waals surface area contributed by atoms with Crippen LogP contribution in [0.3, 0.4) is 0 Å². The second-order valence-electron chi connectivity index (χ2n) is 3.45. The van der Waals surface area contributed by atoms with E-state index in [9.17, 15) is 9.59 Å². The molecule has 0 amide bonds. The standard InChI is InChI=1S/C11H16O3/c1-8(2)10(12)7-5-6-9(3)11(13)14-4/h8-9H,6H2,1-4H3/t9-/m0/s1. The van der Waals surface area contributed by atoms with Crippen molar-refractivity contribution >= 4 is 11.8 Å². The Morgan fingerprint density at radius 3 is 2.29 bits per heavy atom. The van der Waals surface area contributed by atoms with E-state index in [-0.39, 0.29) is 23.6 Å². The molecule has 0 spiro atoms. The number of hydrogen-bond donors (Lipinski definition) is 0. The summed E-state index contributed by atoms with van der Waals surface area (Å²) >= 11 is 0. The Bertz CT molecular complexity index is 268. The van der Waals surface area contributed by atoms with E-state index in [0.717, 1.165) is 0 Å². The lowest BCUT2D eigenvalue weighted by Gasteiger charge is -2.03. The summed E-state index contributed by atoms with van der Waals surface area (Å²) in [5.74, 6) is 4.44. The minimum absolute atomic E-state index is 0.0732. The van der Waals surface area contributed by atoms with Gasteiger partial charge in [0.05, 0.1) is 13.0 Å². The Balaban J connectivity index is 4.04. The summed E-state index contributed by atoms with van der Waals surface area (Å²) in [4.78, 5) is 22.0. The van der Waals surface area contributed by atoms with Crippen LogP contribution < -0.4 is 0 Å². The predicted molar refractivity (Wildman–Crippen MR) is 53.4 cm³/mol. The Kier molecular flexibility index (Phi) is 5.62. The first-order chi connectivity index (χ1) is 6.49. The molecule has 78 valence electrons. The molecule has 1 atom stereocenters. The summed E-state index contributed by atoms with van der Waals surface area (Å²) in [5.41, 5.74) is 0. The largest absolute Gasteiger partial charge is 0.469 e. The van der Waals surface area contributed by atoms with E-state index in [1.807, 2.05) is 0 Å². The van der Waals surface area contributed by atoms with E-state index < -0.39 is 0 Å². The van der Waals surface area contributed by atoms with Crippen LogP contribution in [-0.2, 0) is 14.3 Å². The Morgan fingerprint density at radius 2 is 1.86 bits per heavy atom. The maximum Gasteiger partial charge on any atom is 0.309 e. The van der Waals surface area contributed by atoms with Gasteiger partial charge in [-0.1, -0.05) is 26.7 Å². The van der Waals surface area contributed by atoms with Crippen LogP contribution in [0.25, 0.3) is 0 Å². The SMILES string of the molecule is COC(=O)[C@@H](C)CC#CC(=O)C(C)C. The highest BCUT2D eigenvalue weighted by molar-refractivity contribution is 5.96. The van der Waals surface area contributed by atoms with Gasteiger partial charge in [0.1, 0.15) is 0 Å². The average Bonchev–Trinajstić information content (AvgIpc) is 2.15. The molecule has 0 aromatic rings. The van der Waals surface area contributed by atoms with Gasteiger partial charge in [-0.3, -0.25) is 9.59 Å². The fourth-order valence-electron chi connectivity index (χ4n) is 0.720. The monoisotopic (exact) mass is 196 g/mol. The van der Waals surface area contributed by atoms with Gasteiger partial charge in [0.2, 0.25) is 5.78 Å². The van der Waals surface area contributed by atoms with Crippen molar-refractivity contribution in [2.45, 2.75) is 27.2 Å². The summed E-state index contributed by atoms with van der Waals surface area (Å²) < 4.78 is 4.53. The zero-order valence-corrected chi connectivity index (χ0v) is 9.09. The molecule has 14 heavy (non-hydrogen) atoms. The van der Waals surface area contributed by atoms with Crippen molar-refractivity contribution in [1.82, 2.24) is 0 Å². The molecule has 0 fully saturated rings. The molecular weight excluding hydrogens is 180 g/mol. The van der Waals surface area contributed by atoms with Gasteiger partial charge in [-0.25, -0.2) is 0 Å². The van der Waals surface area contributed by atoms with Gasteiger partial charge in [0, 0.05) is 12.3 Å². The second kappa shape index (κ2) is 6.20. The molecule has 3 heteroatoms. The van der Waals surface area contributed by atoms with E-state index >= 15 is 0 Å². The average molecular weight is 196 g/mol. The van der Waals surface area contributed by atoms with E-state index in [4.69, 9.17) is 0 Å². The molecule has 0 N–H and O–H groups in total. The van der Waals surface area contributed by atoms with E-state index in [1.54, 1.807) is 20.8 Å². The number of methoxy groups -OCH3 is 1. The second-order valence-corrected chi connectivity index (χ2v) is 3.45. The molecule has 0 aromatic heterocycles. The third kappa shape index (κ3) is 4.66. The quantitative estimate of drug-likeness (QED) is 0.389. The molecule has 0 bridgehead atoms. The van der Waals surface area contributed by atoms with Gasteiger partial charge >= 0.3 is 5.97 Å². The molecule has 0 saturated heterocycles. The van der Waals surface area contributed by atoms with Gasteiger partial charge in [-0.2, -0.15) is 0 Å². The first-order valence-electron chi connectivity index (χ1n) is 4.59. The van der Waals surface area contributed by atoms with Crippen molar-refractivity contribution in [3.63, 3.8) is 0 Å². The lowest BCUT2D eigenvalue weighted by molar-refractivity contribution is -0.144. The predicted octanol–water partition coefficient (Wildman–Crippen LogP) is 1.41. The number of hydrogen-bond acceptors (Lipinski definition) is 3. The van der Waals surface area contributed by atoms with Crippen LogP contribution in [0.15, 0.2) is 0 Å². The van der Waals surface area contributed by atoms with Crippen molar-refractivity contribution in [1.29, 1.82) is 0 Å². The molecular formula is C11H16O3. The fourth-order valence-corrected chi connectivity index (χ4v) is 0.720. The third-order valence-electron chi connectivity index (χ3n) is 1.75. The number of esters is 1. The maximum atomic E-state index is 11.1. The van der Waals surface area contributed by atoms with Crippen LogP contribution in [0.5, 0.6) is 0 Å². The van der Waals surface area contributed by atoms with Crippen LogP contribution in [0.4, 0.5) is 0 Å². The van der Waals surface area contributed by atoms with Gasteiger partial charge in [0.25, 0.3) is 0 Å². The molecule has 0 unspecified atom stereocenters. The van der Waals surface area contributed by atoms with E-state index in [0.29, 0.717) is 6.42 Å². The normalized spacial score (nSPS) is 11.5. The smallest absolute Gasteiger partial charge is 0.309 e. The highest BCUT2D eigenvalue weighted by Gasteiger charge is 2.11. The molecule has 0 aliphatic heterocycles. The van der Waals surface area contributed by atoms with Crippen LogP contribution in [0, 0.1) is 23.7 Å². The van der Waals surface area contributed by atoms with Gasteiger partial charge in [-0.15, -0.1) is 0 Å². The molecule has 3 nitrogen and oxygen atoms in total. The highest BCUT2D eigenvalue weighted by atomic mass is 16.5. The van der Waals surface area contributed by atoms with Crippen molar-refractivity contribution in [2.75, 3.05) is 7.11 Å². The molecule has 0 saturated carbocycles. The number of carbonyl (C=O) groups excluding carboxylic acids is 2. The number of ketones is 1. The number of rotatable bonds is 3. The Hall–Kier alpha value is -1.30. The van der Waals surface area contributed by atoms with E-state index in [2.05, 4.69) is 16.6 Å². The van der Waals surface area contributed by atoms with Crippen LogP contribution in [0.1, 0.15) is 27.2 Å². The topological polar surface area (TPSA) is 43.4 Å². The molecule has 0 aromatic carbocycles. The summed E-state index contributed by atoms with van der Waals surface area (Å²) in [6.07, 6.45) is 0.366.